The smallest absolute Gasteiger partial charge is 0.350 e. The summed E-state index contributed by atoms with van der Waals surface area (Å²) in [6.45, 7) is 6.03. The lowest BCUT2D eigenvalue weighted by Crippen LogP contribution is -2.30. The Bertz CT molecular complexity index is 1390. The molecule has 0 radical (unpaired) electrons. The minimum atomic E-state index is -1.13. The van der Waals surface area contributed by atoms with Crippen molar-refractivity contribution in [3.8, 4) is 5.69 Å². The second-order valence-electron chi connectivity index (χ2n) is 9.30. The Morgan fingerprint density at radius 1 is 1.17 bits per heavy atom. The molecule has 1 saturated carbocycles. The Balaban J connectivity index is 1.57. The van der Waals surface area contributed by atoms with E-state index < -0.39 is 23.6 Å². The van der Waals surface area contributed by atoms with Crippen LogP contribution in [0.1, 0.15) is 65.6 Å². The van der Waals surface area contributed by atoms with Gasteiger partial charge in [0.15, 0.2) is 0 Å². The van der Waals surface area contributed by atoms with Crippen LogP contribution in [0.25, 0.3) is 5.69 Å². The standard InChI is InChI=1S/C27H27ClN4O4/c1-15-14-30-25-21(8-9-22(33)36-27(10-11-27)26(34)35-4)31-23(20-7-5-6-12-29-20)18-13-19(28)16(2)17(3)24(18)32(15)25/h5-7,12-14,21H,8-11H2,1-4H3/t21-/m0/s1. The Morgan fingerprint density at radius 3 is 2.61 bits per heavy atom. The number of aliphatic imine (C=N–C) groups is 1. The van der Waals surface area contributed by atoms with Crippen LogP contribution >= 0.6 is 11.6 Å². The Hall–Kier alpha value is -3.52. The number of nitrogens with zero attached hydrogens (tertiary/aromatic N) is 4. The number of carbonyl (C=O) groups is 2. The summed E-state index contributed by atoms with van der Waals surface area (Å²) in [5.41, 5.74) is 5.03. The summed E-state index contributed by atoms with van der Waals surface area (Å²) in [5, 5.41) is 0.647. The van der Waals surface area contributed by atoms with Crippen molar-refractivity contribution in [2.75, 3.05) is 7.11 Å². The summed E-state index contributed by atoms with van der Waals surface area (Å²) in [6.07, 6.45) is 4.92. The Kier molecular flexibility index (Phi) is 6.16. The number of hydrogen-bond acceptors (Lipinski definition) is 7. The van der Waals surface area contributed by atoms with Crippen LogP contribution in [0.5, 0.6) is 0 Å². The predicted molar refractivity (Wildman–Crippen MR) is 135 cm³/mol. The molecule has 0 spiro atoms. The second-order valence-corrected chi connectivity index (χ2v) is 9.71. The van der Waals surface area contributed by atoms with Gasteiger partial charge in [0.2, 0.25) is 5.60 Å². The van der Waals surface area contributed by atoms with Gasteiger partial charge in [0.05, 0.1) is 24.2 Å². The zero-order valence-electron chi connectivity index (χ0n) is 20.7. The number of ether oxygens (including phenoxy) is 2. The van der Waals surface area contributed by atoms with Gasteiger partial charge in [0.1, 0.15) is 11.9 Å². The third-order valence-corrected chi connectivity index (χ3v) is 7.32. The van der Waals surface area contributed by atoms with Gasteiger partial charge in [0.25, 0.3) is 0 Å². The molecule has 1 aliphatic carbocycles. The van der Waals surface area contributed by atoms with Crippen LogP contribution in [0.2, 0.25) is 5.02 Å². The number of aromatic nitrogens is 3. The first-order chi connectivity index (χ1) is 17.3. The number of methoxy groups -OCH3 is 1. The molecule has 1 fully saturated rings. The van der Waals surface area contributed by atoms with Crippen molar-refractivity contribution in [1.82, 2.24) is 14.5 Å². The van der Waals surface area contributed by atoms with Crippen LogP contribution in [0.4, 0.5) is 0 Å². The summed E-state index contributed by atoms with van der Waals surface area (Å²) in [7, 11) is 1.30. The molecule has 5 rings (SSSR count). The molecular formula is C27H27ClN4O4. The number of carbonyl (C=O) groups excluding carboxylic acids is 2. The molecule has 0 unspecified atom stereocenters. The molecule has 0 bridgehead atoms. The topological polar surface area (TPSA) is 95.7 Å². The lowest BCUT2D eigenvalue weighted by molar-refractivity contribution is -0.169. The van der Waals surface area contributed by atoms with Gasteiger partial charge in [-0.2, -0.15) is 0 Å². The number of imidazole rings is 1. The molecule has 186 valence electrons. The van der Waals surface area contributed by atoms with E-state index in [0.29, 0.717) is 35.7 Å². The first kappa shape index (κ1) is 24.2. The minimum Gasteiger partial charge on any atom is -0.466 e. The molecule has 0 amide bonds. The largest absolute Gasteiger partial charge is 0.466 e. The number of hydrogen-bond donors (Lipinski definition) is 0. The number of esters is 2. The van der Waals surface area contributed by atoms with Gasteiger partial charge in [-0.3, -0.25) is 19.3 Å². The average Bonchev–Trinajstić information content (AvgIpc) is 3.59. The van der Waals surface area contributed by atoms with Crippen molar-refractivity contribution in [2.24, 2.45) is 4.99 Å². The number of halogens is 1. The van der Waals surface area contributed by atoms with E-state index in [-0.39, 0.29) is 6.42 Å². The number of aryl methyl sites for hydroxylation is 1. The third kappa shape index (κ3) is 4.09. The van der Waals surface area contributed by atoms with E-state index in [2.05, 4.69) is 9.55 Å². The average molecular weight is 507 g/mol. The van der Waals surface area contributed by atoms with Gasteiger partial charge in [-0.25, -0.2) is 9.78 Å². The van der Waals surface area contributed by atoms with Crippen molar-refractivity contribution in [3.63, 3.8) is 0 Å². The van der Waals surface area contributed by atoms with Gasteiger partial charge in [-0.05, 0) is 56.5 Å². The fourth-order valence-corrected chi connectivity index (χ4v) is 4.92. The van der Waals surface area contributed by atoms with Crippen molar-refractivity contribution >= 4 is 29.3 Å². The van der Waals surface area contributed by atoms with Gasteiger partial charge in [-0.15, -0.1) is 0 Å². The molecule has 2 aromatic heterocycles. The third-order valence-electron chi connectivity index (χ3n) is 6.93. The fraction of sp³-hybridized carbons (Fsp3) is 0.370. The minimum absolute atomic E-state index is 0.0728. The quantitative estimate of drug-likeness (QED) is 0.447. The Labute approximate surface area is 214 Å². The highest BCUT2D eigenvalue weighted by Gasteiger charge is 2.55. The lowest BCUT2D eigenvalue weighted by Gasteiger charge is -2.19. The summed E-state index contributed by atoms with van der Waals surface area (Å²) in [6, 6.07) is 7.16. The Morgan fingerprint density at radius 2 is 1.94 bits per heavy atom. The summed E-state index contributed by atoms with van der Waals surface area (Å²) < 4.78 is 12.4. The number of fused-ring (bicyclic) bond motifs is 3. The highest BCUT2D eigenvalue weighted by atomic mass is 35.5. The van der Waals surface area contributed by atoms with E-state index in [1.165, 1.54) is 7.11 Å². The van der Waals surface area contributed by atoms with Gasteiger partial charge < -0.3 is 9.47 Å². The molecule has 0 saturated heterocycles. The van der Waals surface area contributed by atoms with Crippen LogP contribution in [-0.2, 0) is 19.1 Å². The summed E-state index contributed by atoms with van der Waals surface area (Å²) in [5.74, 6) is -0.240. The molecule has 0 N–H and O–H groups in total. The van der Waals surface area contributed by atoms with Gasteiger partial charge >= 0.3 is 11.9 Å². The summed E-state index contributed by atoms with van der Waals surface area (Å²) >= 11 is 6.64. The number of benzene rings is 1. The van der Waals surface area contributed by atoms with E-state index >= 15 is 0 Å². The van der Waals surface area contributed by atoms with E-state index in [1.807, 2.05) is 51.2 Å². The molecule has 3 heterocycles. The van der Waals surface area contributed by atoms with E-state index in [9.17, 15) is 9.59 Å². The number of pyridine rings is 1. The lowest BCUT2D eigenvalue weighted by atomic mass is 9.97. The van der Waals surface area contributed by atoms with Gasteiger partial charge in [0, 0.05) is 47.9 Å². The van der Waals surface area contributed by atoms with Crippen LogP contribution in [0, 0.1) is 20.8 Å². The van der Waals surface area contributed by atoms with E-state index in [0.717, 1.165) is 33.9 Å². The highest BCUT2D eigenvalue weighted by molar-refractivity contribution is 6.32. The monoisotopic (exact) mass is 506 g/mol. The molecule has 1 atom stereocenters. The number of rotatable bonds is 6. The van der Waals surface area contributed by atoms with Crippen molar-refractivity contribution in [3.05, 3.63) is 75.6 Å². The molecular weight excluding hydrogens is 480 g/mol. The molecule has 1 aliphatic heterocycles. The maximum Gasteiger partial charge on any atom is 0.350 e. The first-order valence-corrected chi connectivity index (χ1v) is 12.3. The molecule has 3 aromatic rings. The van der Waals surface area contributed by atoms with Crippen LogP contribution in [0.15, 0.2) is 41.7 Å². The van der Waals surface area contributed by atoms with Crippen LogP contribution in [-0.4, -0.2) is 44.9 Å². The van der Waals surface area contributed by atoms with Crippen molar-refractivity contribution in [2.45, 2.75) is 58.1 Å². The normalized spacial score (nSPS) is 17.4. The highest BCUT2D eigenvalue weighted by Crippen LogP contribution is 2.42. The summed E-state index contributed by atoms with van der Waals surface area (Å²) in [4.78, 5) is 39.1. The zero-order chi connectivity index (χ0) is 25.6. The van der Waals surface area contributed by atoms with Crippen LogP contribution < -0.4 is 0 Å². The molecule has 8 nitrogen and oxygen atoms in total. The van der Waals surface area contributed by atoms with Crippen molar-refractivity contribution in [1.29, 1.82) is 0 Å². The van der Waals surface area contributed by atoms with Crippen LogP contribution in [0.3, 0.4) is 0 Å². The zero-order valence-corrected chi connectivity index (χ0v) is 21.4. The maximum atomic E-state index is 12.7. The SMILES string of the molecule is COC(=O)C1(OC(=O)CC[C@@H]2N=C(c3ccccn3)c3cc(Cl)c(C)c(C)c3-n3c(C)cnc32)CC1. The van der Waals surface area contributed by atoms with E-state index in [1.54, 1.807) is 6.20 Å². The van der Waals surface area contributed by atoms with Crippen molar-refractivity contribution < 1.29 is 19.1 Å². The molecule has 1 aromatic carbocycles. The van der Waals surface area contributed by atoms with Gasteiger partial charge in [-0.1, -0.05) is 17.7 Å². The predicted octanol–water partition coefficient (Wildman–Crippen LogP) is 4.77. The first-order valence-electron chi connectivity index (χ1n) is 11.9. The fourth-order valence-electron chi connectivity index (χ4n) is 4.67. The van der Waals surface area contributed by atoms with E-state index in [4.69, 9.17) is 31.1 Å². The molecule has 2 aliphatic rings. The molecule has 36 heavy (non-hydrogen) atoms. The second kappa shape index (κ2) is 9.17. The molecule has 9 heteroatoms. The maximum absolute atomic E-state index is 12.7.